The second kappa shape index (κ2) is 15.3. The zero-order valence-electron chi connectivity index (χ0n) is 39.8. The standard InChI is InChI=1S/C71H44N2/c1-3-20-45(21-4-1)72(47-38-39-54-50-26-8-7-24-48(50)49-25-9-10-27-51(49)60(54)42-47)69-44-66-61(57-30-13-17-36-65(57)71(66)63-34-15-11-28-55(63)56-29-12-16-35-64(56)71)43-62(69)52-32-19-33-58-53(52)40-41-68-70(58)59-31-14-18-37-67(59)73(68)46-22-5-2-6-23-46/h1-44H. The summed E-state index contributed by atoms with van der Waals surface area (Å²) in [5.41, 5.74) is 19.2. The number of para-hydroxylation sites is 3. The number of nitrogens with zero attached hydrogens (tertiary/aromatic N) is 2. The van der Waals surface area contributed by atoms with Gasteiger partial charge >= 0.3 is 0 Å². The van der Waals surface area contributed by atoms with Crippen LogP contribution in [0, 0.1) is 0 Å². The van der Waals surface area contributed by atoms with Crippen LogP contribution in [0.5, 0.6) is 0 Å². The van der Waals surface area contributed by atoms with Crippen molar-refractivity contribution in [3.63, 3.8) is 0 Å². The lowest BCUT2D eigenvalue weighted by atomic mass is 9.70. The molecule has 14 aromatic rings. The van der Waals surface area contributed by atoms with Gasteiger partial charge in [-0.1, -0.05) is 206 Å². The van der Waals surface area contributed by atoms with Crippen molar-refractivity contribution in [1.29, 1.82) is 0 Å². The third-order valence-corrected chi connectivity index (χ3v) is 16.4. The summed E-state index contributed by atoms with van der Waals surface area (Å²) in [7, 11) is 0. The highest BCUT2D eigenvalue weighted by Gasteiger charge is 2.52. The molecule has 0 atom stereocenters. The molecule has 1 heterocycles. The van der Waals surface area contributed by atoms with Crippen LogP contribution in [0.4, 0.5) is 17.1 Å². The van der Waals surface area contributed by atoms with Crippen molar-refractivity contribution in [1.82, 2.24) is 4.57 Å². The van der Waals surface area contributed by atoms with Crippen molar-refractivity contribution in [2.24, 2.45) is 0 Å². The van der Waals surface area contributed by atoms with E-state index in [0.717, 1.165) is 22.7 Å². The molecular weight excluding hydrogens is 881 g/mol. The molecule has 13 aromatic carbocycles. The second-order valence-electron chi connectivity index (χ2n) is 19.8. The molecule has 16 rings (SSSR count). The van der Waals surface area contributed by atoms with Gasteiger partial charge in [0.15, 0.2) is 0 Å². The molecule has 0 saturated heterocycles. The number of rotatable bonds is 5. The summed E-state index contributed by atoms with van der Waals surface area (Å²) < 4.78 is 2.43. The smallest absolute Gasteiger partial charge is 0.0726 e. The molecule has 2 nitrogen and oxygen atoms in total. The minimum atomic E-state index is -0.530. The summed E-state index contributed by atoms with van der Waals surface area (Å²) in [6, 6.07) is 100.0. The molecule has 338 valence electrons. The lowest BCUT2D eigenvalue weighted by Gasteiger charge is -2.33. The Labute approximate surface area is 422 Å². The molecule has 0 N–H and O–H groups in total. The average molecular weight is 925 g/mol. The van der Waals surface area contributed by atoms with E-state index in [1.807, 2.05) is 0 Å². The van der Waals surface area contributed by atoms with E-state index in [1.165, 1.54) is 121 Å². The van der Waals surface area contributed by atoms with E-state index < -0.39 is 5.41 Å². The minimum absolute atomic E-state index is 0.530. The summed E-state index contributed by atoms with van der Waals surface area (Å²) in [4.78, 5) is 2.54. The van der Waals surface area contributed by atoms with Crippen molar-refractivity contribution in [3.8, 4) is 39.1 Å². The first kappa shape index (κ1) is 40.3. The number of hydrogen-bond donors (Lipinski definition) is 0. The third kappa shape index (κ3) is 5.47. The van der Waals surface area contributed by atoms with Crippen LogP contribution in [-0.2, 0) is 5.41 Å². The fraction of sp³-hybridized carbons (Fsp3) is 0.0141. The monoisotopic (exact) mass is 924 g/mol. The van der Waals surface area contributed by atoms with Crippen LogP contribution in [0.3, 0.4) is 0 Å². The Morgan fingerprint density at radius 2 is 0.753 bits per heavy atom. The van der Waals surface area contributed by atoms with Crippen LogP contribution in [0.2, 0.25) is 0 Å². The zero-order chi connectivity index (χ0) is 47.8. The molecule has 2 aliphatic rings. The van der Waals surface area contributed by atoms with Crippen molar-refractivity contribution in [2.45, 2.75) is 5.41 Å². The number of aromatic nitrogens is 1. The molecule has 0 fully saturated rings. The first-order valence-corrected chi connectivity index (χ1v) is 25.4. The summed E-state index contributed by atoms with van der Waals surface area (Å²) in [6.45, 7) is 0. The maximum atomic E-state index is 2.58. The maximum Gasteiger partial charge on any atom is 0.0726 e. The van der Waals surface area contributed by atoms with E-state index in [0.29, 0.717) is 0 Å². The SMILES string of the molecule is c1ccc(N(c2ccc3c4ccccc4c4ccccc4c3c2)c2cc3c(cc2-c2cccc4c2ccc2c4c4ccccc4n2-c2ccccc2)-c2ccccc2C32c3ccccc3-c3ccccc32)cc1. The van der Waals surface area contributed by atoms with E-state index in [-0.39, 0.29) is 0 Å². The summed E-state index contributed by atoms with van der Waals surface area (Å²) in [6.07, 6.45) is 0. The van der Waals surface area contributed by atoms with Crippen LogP contribution in [-0.4, -0.2) is 4.57 Å². The fourth-order valence-electron chi connectivity index (χ4n) is 13.5. The molecular formula is C71H44N2. The van der Waals surface area contributed by atoms with Crippen LogP contribution >= 0.6 is 0 Å². The lowest BCUT2D eigenvalue weighted by Crippen LogP contribution is -2.26. The molecule has 2 heteroatoms. The highest BCUT2D eigenvalue weighted by molar-refractivity contribution is 6.26. The first-order valence-electron chi connectivity index (χ1n) is 25.4. The average Bonchev–Trinajstić information content (AvgIpc) is 4.07. The summed E-state index contributed by atoms with van der Waals surface area (Å²) in [5, 5.41) is 12.5. The topological polar surface area (TPSA) is 8.17 Å². The van der Waals surface area contributed by atoms with Crippen LogP contribution in [0.25, 0.3) is 104 Å². The van der Waals surface area contributed by atoms with Gasteiger partial charge in [-0.15, -0.1) is 0 Å². The number of hydrogen-bond acceptors (Lipinski definition) is 1. The fourth-order valence-corrected chi connectivity index (χ4v) is 13.5. The van der Waals surface area contributed by atoms with Gasteiger partial charge < -0.3 is 9.47 Å². The van der Waals surface area contributed by atoms with Crippen molar-refractivity contribution in [2.75, 3.05) is 4.90 Å². The Morgan fingerprint density at radius 3 is 1.41 bits per heavy atom. The maximum absolute atomic E-state index is 2.58. The van der Waals surface area contributed by atoms with E-state index in [4.69, 9.17) is 0 Å². The number of benzene rings is 13. The van der Waals surface area contributed by atoms with Gasteiger partial charge in [0.25, 0.3) is 0 Å². The number of fused-ring (bicyclic) bond motifs is 21. The third-order valence-electron chi connectivity index (χ3n) is 16.4. The summed E-state index contributed by atoms with van der Waals surface area (Å²) >= 11 is 0. The summed E-state index contributed by atoms with van der Waals surface area (Å²) in [5.74, 6) is 0. The number of anilines is 3. The van der Waals surface area contributed by atoms with Crippen molar-refractivity contribution >= 4 is 82.0 Å². The van der Waals surface area contributed by atoms with Gasteiger partial charge in [-0.05, 0) is 154 Å². The van der Waals surface area contributed by atoms with E-state index in [2.05, 4.69) is 276 Å². The minimum Gasteiger partial charge on any atom is -0.310 e. The predicted octanol–water partition coefficient (Wildman–Crippen LogP) is 18.9. The van der Waals surface area contributed by atoms with E-state index in [9.17, 15) is 0 Å². The zero-order valence-corrected chi connectivity index (χ0v) is 39.8. The molecule has 0 aliphatic heterocycles. The molecule has 0 saturated carbocycles. The van der Waals surface area contributed by atoms with Crippen LogP contribution in [0.1, 0.15) is 22.3 Å². The highest BCUT2D eigenvalue weighted by Crippen LogP contribution is 2.64. The largest absolute Gasteiger partial charge is 0.310 e. The quantitative estimate of drug-likeness (QED) is 0.156. The molecule has 0 amide bonds. The molecule has 0 radical (unpaired) electrons. The van der Waals surface area contributed by atoms with Crippen LogP contribution < -0.4 is 4.90 Å². The van der Waals surface area contributed by atoms with E-state index >= 15 is 0 Å². The molecule has 0 unspecified atom stereocenters. The predicted molar refractivity (Wildman–Crippen MR) is 307 cm³/mol. The first-order chi connectivity index (χ1) is 36.3. The lowest BCUT2D eigenvalue weighted by molar-refractivity contribution is 0.794. The van der Waals surface area contributed by atoms with Gasteiger partial charge in [0.05, 0.1) is 22.1 Å². The molecule has 1 spiro atoms. The molecule has 73 heavy (non-hydrogen) atoms. The Bertz CT molecular complexity index is 4540. The van der Waals surface area contributed by atoms with Crippen LogP contribution in [0.15, 0.2) is 267 Å². The van der Waals surface area contributed by atoms with Gasteiger partial charge in [-0.25, -0.2) is 0 Å². The second-order valence-corrected chi connectivity index (χ2v) is 19.8. The molecule has 1 aromatic heterocycles. The normalized spacial score (nSPS) is 13.0. The Kier molecular flexibility index (Phi) is 8.41. The van der Waals surface area contributed by atoms with Crippen molar-refractivity contribution in [3.05, 3.63) is 289 Å². The van der Waals surface area contributed by atoms with Gasteiger partial charge in [-0.3, -0.25) is 0 Å². The molecule has 0 bridgehead atoms. The van der Waals surface area contributed by atoms with Gasteiger partial charge in [0.1, 0.15) is 0 Å². The van der Waals surface area contributed by atoms with E-state index in [1.54, 1.807) is 0 Å². The Balaban J connectivity index is 1.05. The van der Waals surface area contributed by atoms with Gasteiger partial charge in [0.2, 0.25) is 0 Å². The molecule has 2 aliphatic carbocycles. The Morgan fingerprint density at radius 1 is 0.260 bits per heavy atom. The highest BCUT2D eigenvalue weighted by atomic mass is 15.1. The van der Waals surface area contributed by atoms with Gasteiger partial charge in [0, 0.05) is 33.4 Å². The van der Waals surface area contributed by atoms with Crippen molar-refractivity contribution < 1.29 is 0 Å². The Hall–Kier alpha value is -9.50. The van der Waals surface area contributed by atoms with Gasteiger partial charge in [-0.2, -0.15) is 0 Å².